The Bertz CT molecular complexity index is 319. The van der Waals surface area contributed by atoms with Crippen LogP contribution in [-0.2, 0) is 0 Å². The topological polar surface area (TPSA) is 75.8 Å². The van der Waals surface area contributed by atoms with E-state index in [2.05, 4.69) is 4.98 Å². The maximum Gasteiger partial charge on any atom is 0.221 e. The van der Waals surface area contributed by atoms with Gasteiger partial charge in [0.2, 0.25) is 5.89 Å². The third-order valence-corrected chi connectivity index (χ3v) is 1.04. The molecule has 0 bridgehead atoms. The summed E-state index contributed by atoms with van der Waals surface area (Å²) in [6.07, 6.45) is 2.88. The van der Waals surface area contributed by atoms with Gasteiger partial charge in [-0.2, -0.15) is 5.26 Å². The van der Waals surface area contributed by atoms with Crippen LogP contribution in [0.5, 0.6) is 0 Å². The average Bonchev–Trinajstić information content (AvgIpc) is 2.35. The molecular weight excluding hydrogens is 142 g/mol. The van der Waals surface area contributed by atoms with Gasteiger partial charge >= 0.3 is 0 Å². The molecule has 1 heterocycles. The van der Waals surface area contributed by atoms with E-state index in [1.54, 1.807) is 13.0 Å². The molecule has 1 aromatic rings. The molecule has 0 aliphatic rings. The summed E-state index contributed by atoms with van der Waals surface area (Å²) in [4.78, 5) is 3.92. The molecule has 1 aromatic heterocycles. The van der Waals surface area contributed by atoms with Crippen LogP contribution >= 0.6 is 0 Å². The number of allylic oxidation sites excluding steroid dienone is 1. The highest BCUT2D eigenvalue weighted by Crippen LogP contribution is 2.03. The largest absolute Gasteiger partial charge is 0.445 e. The molecule has 0 unspecified atom stereocenters. The van der Waals surface area contributed by atoms with Crippen LogP contribution in [0.15, 0.2) is 16.4 Å². The highest BCUT2D eigenvalue weighted by Gasteiger charge is 1.96. The van der Waals surface area contributed by atoms with Crippen LogP contribution in [-0.4, -0.2) is 4.98 Å². The van der Waals surface area contributed by atoms with E-state index in [1.807, 2.05) is 0 Å². The zero-order valence-corrected chi connectivity index (χ0v) is 6.03. The van der Waals surface area contributed by atoms with Gasteiger partial charge in [0.1, 0.15) is 18.0 Å². The van der Waals surface area contributed by atoms with Crippen molar-refractivity contribution >= 4 is 6.08 Å². The van der Waals surface area contributed by atoms with Crippen LogP contribution in [0, 0.1) is 18.3 Å². The summed E-state index contributed by atoms with van der Waals surface area (Å²) >= 11 is 0. The number of nitriles is 1. The fourth-order valence-corrected chi connectivity index (χ4v) is 0.604. The molecule has 1 rings (SSSR count). The van der Waals surface area contributed by atoms with Gasteiger partial charge in [0.25, 0.3) is 0 Å². The predicted molar refractivity (Wildman–Crippen MR) is 39.0 cm³/mol. The first-order valence-electron chi connectivity index (χ1n) is 3.02. The van der Waals surface area contributed by atoms with Crippen molar-refractivity contribution in [2.24, 2.45) is 5.73 Å². The quantitative estimate of drug-likeness (QED) is 0.599. The van der Waals surface area contributed by atoms with Crippen LogP contribution in [0.25, 0.3) is 6.08 Å². The lowest BCUT2D eigenvalue weighted by Crippen LogP contribution is -1.91. The SMILES string of the molecule is Cc1coc(/C=C(/N)C#N)n1. The van der Waals surface area contributed by atoms with Crippen molar-refractivity contribution in [1.82, 2.24) is 4.98 Å². The standard InChI is InChI=1S/C7H7N3O/c1-5-4-11-7(10-5)2-6(9)3-8/h2,4H,9H2,1H3/b6-2+. The number of hydrogen-bond acceptors (Lipinski definition) is 4. The Labute approximate surface area is 63.9 Å². The number of nitrogens with zero attached hydrogens (tertiary/aromatic N) is 2. The van der Waals surface area contributed by atoms with Gasteiger partial charge in [-0.1, -0.05) is 0 Å². The molecule has 0 saturated carbocycles. The van der Waals surface area contributed by atoms with Crippen LogP contribution in [0.3, 0.4) is 0 Å². The minimum Gasteiger partial charge on any atom is -0.445 e. The zero-order chi connectivity index (χ0) is 8.27. The lowest BCUT2D eigenvalue weighted by atomic mass is 10.4. The summed E-state index contributed by atoms with van der Waals surface area (Å²) in [5.74, 6) is 0.363. The molecular formula is C7H7N3O. The highest BCUT2D eigenvalue weighted by molar-refractivity contribution is 5.47. The molecule has 0 radical (unpaired) electrons. The molecule has 0 aliphatic carbocycles. The second-order valence-electron chi connectivity index (χ2n) is 2.04. The lowest BCUT2D eigenvalue weighted by molar-refractivity contribution is 0.545. The van der Waals surface area contributed by atoms with Crippen molar-refractivity contribution in [3.63, 3.8) is 0 Å². The fourth-order valence-electron chi connectivity index (χ4n) is 0.604. The fraction of sp³-hybridized carbons (Fsp3) is 0.143. The summed E-state index contributed by atoms with van der Waals surface area (Å²) in [5, 5.41) is 8.29. The lowest BCUT2D eigenvalue weighted by Gasteiger charge is -1.81. The first-order valence-corrected chi connectivity index (χ1v) is 3.02. The van der Waals surface area contributed by atoms with Gasteiger partial charge in [-0.3, -0.25) is 0 Å². The number of oxazole rings is 1. The van der Waals surface area contributed by atoms with Gasteiger partial charge in [0.05, 0.1) is 5.69 Å². The number of aryl methyl sites for hydroxylation is 1. The first kappa shape index (κ1) is 7.35. The normalized spacial score (nSPS) is 11.1. The molecule has 0 aliphatic heterocycles. The third-order valence-electron chi connectivity index (χ3n) is 1.04. The summed E-state index contributed by atoms with van der Waals surface area (Å²) in [6, 6.07) is 1.76. The van der Waals surface area contributed by atoms with Gasteiger partial charge in [0.15, 0.2) is 0 Å². The van der Waals surface area contributed by atoms with Crippen molar-refractivity contribution in [1.29, 1.82) is 5.26 Å². The number of nitrogens with two attached hydrogens (primary N) is 1. The molecule has 0 atom stereocenters. The summed E-state index contributed by atoms with van der Waals surface area (Å²) < 4.78 is 4.92. The van der Waals surface area contributed by atoms with Crippen molar-refractivity contribution < 1.29 is 4.42 Å². The maximum atomic E-state index is 8.29. The molecule has 2 N–H and O–H groups in total. The highest BCUT2D eigenvalue weighted by atomic mass is 16.3. The van der Waals surface area contributed by atoms with Gasteiger partial charge < -0.3 is 10.2 Å². The van der Waals surface area contributed by atoms with E-state index >= 15 is 0 Å². The molecule has 0 saturated heterocycles. The Morgan fingerprint density at radius 3 is 3.09 bits per heavy atom. The minimum atomic E-state index is 0.0897. The van der Waals surface area contributed by atoms with Crippen LogP contribution in [0.2, 0.25) is 0 Å². The zero-order valence-electron chi connectivity index (χ0n) is 6.03. The van der Waals surface area contributed by atoms with E-state index in [9.17, 15) is 0 Å². The van der Waals surface area contributed by atoms with Crippen LogP contribution in [0.4, 0.5) is 0 Å². The molecule has 4 nitrogen and oxygen atoms in total. The molecule has 0 amide bonds. The van der Waals surface area contributed by atoms with Crippen molar-refractivity contribution in [2.75, 3.05) is 0 Å². The summed E-state index contributed by atoms with van der Waals surface area (Å²) in [6.45, 7) is 1.80. The summed E-state index contributed by atoms with van der Waals surface area (Å²) in [7, 11) is 0. The van der Waals surface area contributed by atoms with E-state index in [-0.39, 0.29) is 5.70 Å². The Kier molecular flexibility index (Phi) is 1.93. The van der Waals surface area contributed by atoms with E-state index in [4.69, 9.17) is 15.4 Å². The van der Waals surface area contributed by atoms with Crippen molar-refractivity contribution in [3.8, 4) is 6.07 Å². The van der Waals surface area contributed by atoms with Crippen molar-refractivity contribution in [3.05, 3.63) is 23.5 Å². The maximum absolute atomic E-state index is 8.29. The first-order chi connectivity index (χ1) is 5.22. The van der Waals surface area contributed by atoms with Gasteiger partial charge in [-0.15, -0.1) is 0 Å². The Morgan fingerprint density at radius 2 is 2.64 bits per heavy atom. The van der Waals surface area contributed by atoms with Gasteiger partial charge in [-0.05, 0) is 6.92 Å². The Hall–Kier alpha value is -1.76. The molecule has 0 spiro atoms. The molecule has 0 aromatic carbocycles. The second-order valence-corrected chi connectivity index (χ2v) is 2.04. The average molecular weight is 149 g/mol. The minimum absolute atomic E-state index is 0.0897. The molecule has 56 valence electrons. The second kappa shape index (κ2) is 2.88. The third kappa shape index (κ3) is 1.83. The monoisotopic (exact) mass is 149 g/mol. The van der Waals surface area contributed by atoms with E-state index in [0.717, 1.165) is 5.69 Å². The number of aromatic nitrogens is 1. The number of hydrogen-bond donors (Lipinski definition) is 1. The van der Waals surface area contributed by atoms with E-state index in [1.165, 1.54) is 12.3 Å². The predicted octanol–water partition coefficient (Wildman–Crippen LogP) is 0.806. The van der Waals surface area contributed by atoms with Crippen LogP contribution in [0.1, 0.15) is 11.6 Å². The number of rotatable bonds is 1. The smallest absolute Gasteiger partial charge is 0.221 e. The molecule has 11 heavy (non-hydrogen) atoms. The van der Waals surface area contributed by atoms with Gasteiger partial charge in [-0.25, -0.2) is 4.98 Å². The van der Waals surface area contributed by atoms with Crippen LogP contribution < -0.4 is 5.73 Å². The molecule has 4 heteroatoms. The Morgan fingerprint density at radius 1 is 1.91 bits per heavy atom. The van der Waals surface area contributed by atoms with E-state index < -0.39 is 0 Å². The van der Waals surface area contributed by atoms with Crippen molar-refractivity contribution in [2.45, 2.75) is 6.92 Å². The summed E-state index contributed by atoms with van der Waals surface area (Å²) in [5.41, 5.74) is 6.07. The van der Waals surface area contributed by atoms with Gasteiger partial charge in [0, 0.05) is 6.08 Å². The van der Waals surface area contributed by atoms with E-state index in [0.29, 0.717) is 5.89 Å². The Balaban J connectivity index is 2.89. The molecule has 0 fully saturated rings.